The van der Waals surface area contributed by atoms with Crippen molar-refractivity contribution in [3.8, 4) is 17.2 Å². The topological polar surface area (TPSA) is 119 Å². The molecule has 0 saturated heterocycles. The molecular formula is C13H12N2O4. The molecule has 6 heteroatoms. The van der Waals surface area contributed by atoms with Crippen LogP contribution in [-0.2, 0) is 0 Å². The summed E-state index contributed by atoms with van der Waals surface area (Å²) in [6.07, 6.45) is 0. The van der Waals surface area contributed by atoms with Gasteiger partial charge in [-0.15, -0.1) is 0 Å². The maximum absolute atomic E-state index is 11.8. The number of nitrogens with two attached hydrogens (primary N) is 2. The maximum atomic E-state index is 11.8. The van der Waals surface area contributed by atoms with Crippen LogP contribution in [0.15, 0.2) is 36.4 Å². The predicted octanol–water partition coefficient (Wildman–Crippen LogP) is 1.48. The Morgan fingerprint density at radius 2 is 1.47 bits per heavy atom. The molecule has 0 aromatic heterocycles. The van der Waals surface area contributed by atoms with Crippen molar-refractivity contribution in [1.29, 1.82) is 0 Å². The number of carbonyl (C=O) groups is 1. The lowest BCUT2D eigenvalue weighted by Crippen LogP contribution is -2.09. The maximum Gasteiger partial charge on any atom is 0.343 e. The number of rotatable bonds is 2. The standard InChI is InChI=1S/C13H12N2O4/c14-8-1-7(2-10(16)3-8)13(18)19-12-5-9(15)4-11(17)6-12/h1-6,16-17H,14-15H2. The molecule has 0 aliphatic carbocycles. The Bertz CT molecular complexity index is 600. The zero-order chi connectivity index (χ0) is 14.0. The minimum absolute atomic E-state index is 0.0967. The molecule has 0 aliphatic rings. The van der Waals surface area contributed by atoms with Crippen molar-refractivity contribution in [2.24, 2.45) is 0 Å². The average molecular weight is 260 g/mol. The first kappa shape index (κ1) is 12.6. The highest BCUT2D eigenvalue weighted by Gasteiger charge is 2.11. The number of benzene rings is 2. The number of hydrogen-bond donors (Lipinski definition) is 4. The van der Waals surface area contributed by atoms with Crippen LogP contribution >= 0.6 is 0 Å². The summed E-state index contributed by atoms with van der Waals surface area (Å²) in [5.41, 5.74) is 11.6. The fourth-order valence-corrected chi connectivity index (χ4v) is 1.58. The van der Waals surface area contributed by atoms with Crippen molar-refractivity contribution in [2.75, 3.05) is 11.5 Å². The lowest BCUT2D eigenvalue weighted by atomic mass is 10.2. The minimum Gasteiger partial charge on any atom is -0.508 e. The second-order valence-electron chi connectivity index (χ2n) is 3.96. The highest BCUT2D eigenvalue weighted by molar-refractivity contribution is 5.92. The van der Waals surface area contributed by atoms with Crippen LogP contribution in [0.3, 0.4) is 0 Å². The number of esters is 1. The second kappa shape index (κ2) is 4.77. The number of phenolic OH excluding ortho intramolecular Hbond substituents is 2. The van der Waals surface area contributed by atoms with Gasteiger partial charge >= 0.3 is 5.97 Å². The summed E-state index contributed by atoms with van der Waals surface area (Å²) < 4.78 is 5.03. The van der Waals surface area contributed by atoms with Crippen LogP contribution < -0.4 is 16.2 Å². The molecule has 0 aliphatic heterocycles. The van der Waals surface area contributed by atoms with E-state index >= 15 is 0 Å². The molecule has 0 saturated carbocycles. The number of ether oxygens (including phenoxy) is 1. The van der Waals surface area contributed by atoms with E-state index in [2.05, 4.69) is 0 Å². The highest BCUT2D eigenvalue weighted by Crippen LogP contribution is 2.25. The summed E-state index contributed by atoms with van der Waals surface area (Å²) >= 11 is 0. The Kier molecular flexibility index (Phi) is 3.15. The Balaban J connectivity index is 2.25. The number of aromatic hydroxyl groups is 2. The number of hydrogen-bond acceptors (Lipinski definition) is 6. The zero-order valence-electron chi connectivity index (χ0n) is 9.83. The molecule has 0 unspecified atom stereocenters. The van der Waals surface area contributed by atoms with Gasteiger partial charge in [-0.1, -0.05) is 0 Å². The van der Waals surface area contributed by atoms with Gasteiger partial charge < -0.3 is 26.4 Å². The van der Waals surface area contributed by atoms with E-state index in [1.165, 1.54) is 36.4 Å². The van der Waals surface area contributed by atoms with Crippen LogP contribution in [-0.4, -0.2) is 16.2 Å². The van der Waals surface area contributed by atoms with Crippen molar-refractivity contribution in [1.82, 2.24) is 0 Å². The van der Waals surface area contributed by atoms with E-state index in [1.54, 1.807) is 0 Å². The molecule has 0 radical (unpaired) electrons. The third-order valence-corrected chi connectivity index (χ3v) is 2.30. The molecule has 6 N–H and O–H groups in total. The van der Waals surface area contributed by atoms with Crippen molar-refractivity contribution in [3.63, 3.8) is 0 Å². The number of carbonyl (C=O) groups excluding carboxylic acids is 1. The van der Waals surface area contributed by atoms with Crippen LogP contribution in [0.1, 0.15) is 10.4 Å². The highest BCUT2D eigenvalue weighted by atomic mass is 16.5. The van der Waals surface area contributed by atoms with Crippen molar-refractivity contribution < 1.29 is 19.7 Å². The van der Waals surface area contributed by atoms with Gasteiger partial charge in [-0.2, -0.15) is 0 Å². The van der Waals surface area contributed by atoms with E-state index in [4.69, 9.17) is 16.2 Å². The fourth-order valence-electron chi connectivity index (χ4n) is 1.58. The smallest absolute Gasteiger partial charge is 0.343 e. The number of phenols is 2. The molecule has 0 amide bonds. The van der Waals surface area contributed by atoms with Gasteiger partial charge in [0.25, 0.3) is 0 Å². The molecule has 2 aromatic rings. The van der Waals surface area contributed by atoms with E-state index in [1.807, 2.05) is 0 Å². The predicted molar refractivity (Wildman–Crippen MR) is 70.0 cm³/mol. The Morgan fingerprint density at radius 3 is 2.05 bits per heavy atom. The fraction of sp³-hybridized carbons (Fsp3) is 0. The van der Waals surface area contributed by atoms with E-state index < -0.39 is 5.97 Å². The van der Waals surface area contributed by atoms with Crippen LogP contribution in [0.25, 0.3) is 0 Å². The quantitative estimate of drug-likeness (QED) is 0.369. The molecule has 2 aromatic carbocycles. The minimum atomic E-state index is -0.715. The number of nitrogen functional groups attached to an aromatic ring is 2. The molecule has 19 heavy (non-hydrogen) atoms. The van der Waals surface area contributed by atoms with Crippen molar-refractivity contribution in [3.05, 3.63) is 42.0 Å². The average Bonchev–Trinajstić information content (AvgIpc) is 2.25. The van der Waals surface area contributed by atoms with Gasteiger partial charge in [0, 0.05) is 35.6 Å². The molecule has 98 valence electrons. The monoisotopic (exact) mass is 260 g/mol. The van der Waals surface area contributed by atoms with Crippen molar-refractivity contribution >= 4 is 17.3 Å². The summed E-state index contributed by atoms with van der Waals surface area (Å²) in [4.78, 5) is 11.8. The summed E-state index contributed by atoms with van der Waals surface area (Å²) in [7, 11) is 0. The summed E-state index contributed by atoms with van der Waals surface area (Å²) in [6, 6.07) is 7.87. The van der Waals surface area contributed by atoms with Crippen LogP contribution in [0.5, 0.6) is 17.2 Å². The van der Waals surface area contributed by atoms with Gasteiger partial charge in [0.15, 0.2) is 0 Å². The van der Waals surface area contributed by atoms with E-state index in [0.717, 1.165) is 0 Å². The zero-order valence-corrected chi connectivity index (χ0v) is 9.83. The normalized spacial score (nSPS) is 10.1. The van der Waals surface area contributed by atoms with Gasteiger partial charge in [-0.05, 0) is 12.1 Å². The first-order valence-electron chi connectivity index (χ1n) is 5.35. The molecule has 2 rings (SSSR count). The summed E-state index contributed by atoms with van der Waals surface area (Å²) in [6.45, 7) is 0. The molecule has 0 spiro atoms. The molecule has 6 nitrogen and oxygen atoms in total. The van der Waals surface area contributed by atoms with Crippen LogP contribution in [0, 0.1) is 0 Å². The largest absolute Gasteiger partial charge is 0.508 e. The first-order chi connectivity index (χ1) is 8.94. The second-order valence-corrected chi connectivity index (χ2v) is 3.96. The molecule has 0 fully saturated rings. The van der Waals surface area contributed by atoms with Gasteiger partial charge in [-0.3, -0.25) is 0 Å². The lowest BCUT2D eigenvalue weighted by Gasteiger charge is -2.07. The molecule has 0 atom stereocenters. The van der Waals surface area contributed by atoms with Crippen LogP contribution in [0.2, 0.25) is 0 Å². The van der Waals surface area contributed by atoms with Crippen molar-refractivity contribution in [2.45, 2.75) is 0 Å². The van der Waals surface area contributed by atoms with E-state index in [9.17, 15) is 15.0 Å². The van der Waals surface area contributed by atoms with Gasteiger partial charge in [0.05, 0.1) is 5.56 Å². The first-order valence-corrected chi connectivity index (χ1v) is 5.35. The summed E-state index contributed by atoms with van der Waals surface area (Å²) in [5.74, 6) is -0.863. The molecule has 0 bridgehead atoms. The lowest BCUT2D eigenvalue weighted by molar-refractivity contribution is 0.0734. The summed E-state index contributed by atoms with van der Waals surface area (Å²) in [5, 5.41) is 18.7. The Hall–Kier alpha value is -2.89. The third kappa shape index (κ3) is 3.06. The Labute approximate surface area is 108 Å². The third-order valence-electron chi connectivity index (χ3n) is 2.30. The van der Waals surface area contributed by atoms with E-state index in [0.29, 0.717) is 0 Å². The van der Waals surface area contributed by atoms with E-state index in [-0.39, 0.29) is 34.2 Å². The van der Waals surface area contributed by atoms with Crippen LogP contribution in [0.4, 0.5) is 11.4 Å². The van der Waals surface area contributed by atoms with Gasteiger partial charge in [0.1, 0.15) is 17.2 Å². The molecular weight excluding hydrogens is 248 g/mol. The SMILES string of the molecule is Nc1cc(O)cc(OC(=O)c2cc(N)cc(O)c2)c1. The molecule has 0 heterocycles. The van der Waals surface area contributed by atoms with Gasteiger partial charge in [-0.25, -0.2) is 4.79 Å². The number of anilines is 2. The Morgan fingerprint density at radius 1 is 0.895 bits per heavy atom. The van der Waals surface area contributed by atoms with Gasteiger partial charge in [0.2, 0.25) is 0 Å².